The lowest BCUT2D eigenvalue weighted by atomic mass is 9.96. The number of carbonyl (C=O) groups excluding carboxylic acids is 1. The molecule has 1 fully saturated rings. The Balaban J connectivity index is 1.49. The van der Waals surface area contributed by atoms with E-state index in [0.717, 1.165) is 53.9 Å². The Bertz CT molecular complexity index is 1080. The van der Waals surface area contributed by atoms with Gasteiger partial charge in [-0.1, -0.05) is 32.9 Å². The van der Waals surface area contributed by atoms with E-state index < -0.39 is 0 Å². The second-order valence-corrected chi connectivity index (χ2v) is 9.65. The third-order valence-corrected chi connectivity index (χ3v) is 5.83. The van der Waals surface area contributed by atoms with Crippen molar-refractivity contribution >= 4 is 22.5 Å². The van der Waals surface area contributed by atoms with E-state index in [-0.39, 0.29) is 17.2 Å². The molecule has 1 unspecified atom stereocenters. The first kappa shape index (κ1) is 20.5. The molecule has 6 heteroatoms. The van der Waals surface area contributed by atoms with Crippen LogP contribution in [0.3, 0.4) is 0 Å². The summed E-state index contributed by atoms with van der Waals surface area (Å²) in [6, 6.07) is 8.24. The van der Waals surface area contributed by atoms with E-state index in [2.05, 4.69) is 63.7 Å². The Kier molecular flexibility index (Phi) is 5.36. The highest BCUT2D eigenvalue weighted by atomic mass is 16.2. The molecule has 3 aromatic rings. The molecule has 1 atom stereocenters. The number of rotatable bonds is 4. The maximum absolute atomic E-state index is 12.8. The fraction of sp³-hybridized carbons (Fsp3) is 0.458. The van der Waals surface area contributed by atoms with Crippen LogP contribution >= 0.6 is 0 Å². The number of imidazole rings is 1. The summed E-state index contributed by atoms with van der Waals surface area (Å²) in [5, 5.41) is 5.14. The van der Waals surface area contributed by atoms with Gasteiger partial charge in [0, 0.05) is 37.3 Å². The molecule has 0 bridgehead atoms. The van der Waals surface area contributed by atoms with Gasteiger partial charge in [0.1, 0.15) is 11.6 Å². The zero-order valence-electron chi connectivity index (χ0n) is 18.6. The van der Waals surface area contributed by atoms with Crippen LogP contribution in [0.2, 0.25) is 0 Å². The van der Waals surface area contributed by atoms with E-state index in [0.29, 0.717) is 5.82 Å². The maximum atomic E-state index is 12.8. The Morgan fingerprint density at radius 2 is 1.97 bits per heavy atom. The predicted octanol–water partition coefficient (Wildman–Crippen LogP) is 4.25. The summed E-state index contributed by atoms with van der Waals surface area (Å²) in [5.41, 5.74) is 2.42. The van der Waals surface area contributed by atoms with Crippen molar-refractivity contribution < 1.29 is 4.79 Å². The van der Waals surface area contributed by atoms with Gasteiger partial charge >= 0.3 is 0 Å². The van der Waals surface area contributed by atoms with Gasteiger partial charge in [0.05, 0.1) is 17.8 Å². The zero-order chi connectivity index (χ0) is 21.5. The number of aryl methyl sites for hydroxylation is 1. The zero-order valence-corrected chi connectivity index (χ0v) is 18.6. The molecule has 4 rings (SSSR count). The second-order valence-electron chi connectivity index (χ2n) is 9.65. The van der Waals surface area contributed by atoms with E-state index in [1.54, 1.807) is 0 Å². The smallest absolute Gasteiger partial charge is 0.229 e. The van der Waals surface area contributed by atoms with Crippen LogP contribution in [0.15, 0.2) is 36.7 Å². The van der Waals surface area contributed by atoms with Crippen LogP contribution in [0.1, 0.15) is 33.0 Å². The normalized spacial score (nSPS) is 17.6. The number of fused-ring (bicyclic) bond motifs is 1. The Morgan fingerprint density at radius 3 is 2.67 bits per heavy atom. The molecule has 30 heavy (non-hydrogen) atoms. The van der Waals surface area contributed by atoms with E-state index in [9.17, 15) is 4.79 Å². The third kappa shape index (κ3) is 4.38. The Labute approximate surface area is 178 Å². The summed E-state index contributed by atoms with van der Waals surface area (Å²) in [6.45, 7) is 11.5. The molecule has 1 N–H and O–H groups in total. The average molecular weight is 406 g/mol. The van der Waals surface area contributed by atoms with Crippen molar-refractivity contribution in [3.63, 3.8) is 0 Å². The number of nitrogens with zero attached hydrogens (tertiary/aromatic N) is 4. The maximum Gasteiger partial charge on any atom is 0.229 e. The fourth-order valence-corrected chi connectivity index (χ4v) is 4.23. The number of nitrogens with one attached hydrogen (secondary N) is 1. The van der Waals surface area contributed by atoms with Crippen LogP contribution in [0.25, 0.3) is 22.0 Å². The molecule has 3 heterocycles. The first-order chi connectivity index (χ1) is 14.2. The summed E-state index contributed by atoms with van der Waals surface area (Å²) in [5.74, 6) is 1.68. The van der Waals surface area contributed by atoms with Crippen LogP contribution < -0.4 is 5.32 Å². The van der Waals surface area contributed by atoms with Crippen LogP contribution in [0.4, 0.5) is 5.82 Å². The van der Waals surface area contributed by atoms with Crippen LogP contribution in [-0.4, -0.2) is 45.0 Å². The quantitative estimate of drug-likeness (QED) is 0.705. The van der Waals surface area contributed by atoms with Crippen molar-refractivity contribution in [1.29, 1.82) is 0 Å². The SMILES string of the molecule is Cc1ncc(-c2ccc3cnc(NC(=O)C4CCN(CC(C)(C)C)C4)cc3c2)n1C. The molecule has 0 saturated carbocycles. The molecule has 158 valence electrons. The van der Waals surface area contributed by atoms with Crippen LogP contribution in [0, 0.1) is 18.3 Å². The average Bonchev–Trinajstić information content (AvgIpc) is 3.27. The molecule has 0 radical (unpaired) electrons. The monoisotopic (exact) mass is 405 g/mol. The first-order valence-corrected chi connectivity index (χ1v) is 10.6. The van der Waals surface area contributed by atoms with Crippen LogP contribution in [-0.2, 0) is 11.8 Å². The molecular formula is C24H31N5O. The number of pyridine rings is 1. The highest BCUT2D eigenvalue weighted by Crippen LogP contribution is 2.27. The Hall–Kier alpha value is -2.73. The van der Waals surface area contributed by atoms with Gasteiger partial charge in [0.2, 0.25) is 5.91 Å². The van der Waals surface area contributed by atoms with E-state index in [4.69, 9.17) is 0 Å². The largest absolute Gasteiger partial charge is 0.331 e. The third-order valence-electron chi connectivity index (χ3n) is 5.83. The molecular weight excluding hydrogens is 374 g/mol. The van der Waals surface area contributed by atoms with Gasteiger partial charge in [0.25, 0.3) is 0 Å². The lowest BCUT2D eigenvalue weighted by Crippen LogP contribution is -2.32. The lowest BCUT2D eigenvalue weighted by Gasteiger charge is -2.26. The molecule has 0 aliphatic carbocycles. The summed E-state index contributed by atoms with van der Waals surface area (Å²) in [7, 11) is 2.02. The molecule has 1 aromatic carbocycles. The minimum Gasteiger partial charge on any atom is -0.331 e. The molecule has 6 nitrogen and oxygen atoms in total. The lowest BCUT2D eigenvalue weighted by molar-refractivity contribution is -0.119. The van der Waals surface area contributed by atoms with Gasteiger partial charge in [-0.2, -0.15) is 0 Å². The van der Waals surface area contributed by atoms with Gasteiger partial charge < -0.3 is 14.8 Å². The number of likely N-dealkylation sites (tertiary alicyclic amines) is 1. The van der Waals surface area contributed by atoms with Crippen LogP contribution in [0.5, 0.6) is 0 Å². The number of anilines is 1. The summed E-state index contributed by atoms with van der Waals surface area (Å²) in [4.78, 5) is 24.0. The summed E-state index contributed by atoms with van der Waals surface area (Å²) in [6.07, 6.45) is 4.62. The fourth-order valence-electron chi connectivity index (χ4n) is 4.23. The van der Waals surface area contributed by atoms with E-state index in [1.807, 2.05) is 32.4 Å². The van der Waals surface area contributed by atoms with Gasteiger partial charge in [-0.15, -0.1) is 0 Å². The predicted molar refractivity (Wildman–Crippen MR) is 121 cm³/mol. The van der Waals surface area contributed by atoms with Crippen molar-refractivity contribution in [2.45, 2.75) is 34.1 Å². The number of carbonyl (C=O) groups is 1. The first-order valence-electron chi connectivity index (χ1n) is 10.6. The van der Waals surface area contributed by atoms with Crippen molar-refractivity contribution in [2.75, 3.05) is 25.0 Å². The number of hydrogen-bond donors (Lipinski definition) is 1. The van der Waals surface area contributed by atoms with Crippen molar-refractivity contribution in [3.05, 3.63) is 42.5 Å². The van der Waals surface area contributed by atoms with E-state index in [1.165, 1.54) is 0 Å². The number of aromatic nitrogens is 3. The minimum absolute atomic E-state index is 0.0219. The number of benzene rings is 1. The van der Waals surface area contributed by atoms with Crippen molar-refractivity contribution in [2.24, 2.45) is 18.4 Å². The minimum atomic E-state index is 0.0219. The molecule has 0 spiro atoms. The number of hydrogen-bond acceptors (Lipinski definition) is 4. The van der Waals surface area contributed by atoms with E-state index >= 15 is 0 Å². The highest BCUT2D eigenvalue weighted by Gasteiger charge is 2.30. The van der Waals surface area contributed by atoms with Gasteiger partial charge in [-0.05, 0) is 42.8 Å². The highest BCUT2D eigenvalue weighted by molar-refractivity contribution is 5.95. The molecule has 1 aliphatic heterocycles. The number of amides is 1. The summed E-state index contributed by atoms with van der Waals surface area (Å²) < 4.78 is 2.08. The van der Waals surface area contributed by atoms with Gasteiger partial charge in [-0.25, -0.2) is 9.97 Å². The molecule has 1 saturated heterocycles. The molecule has 1 aliphatic rings. The van der Waals surface area contributed by atoms with Gasteiger partial charge in [-0.3, -0.25) is 4.79 Å². The standard InChI is InChI=1S/C24H31N5O/c1-16-25-13-21(28(16)5)17-6-7-18-12-26-22(11-20(18)10-17)27-23(30)19-8-9-29(14-19)15-24(2,3)4/h6-7,10-13,19H,8-9,14-15H2,1-5H3,(H,26,27,30). The van der Waals surface area contributed by atoms with Crippen molar-refractivity contribution in [1.82, 2.24) is 19.4 Å². The van der Waals surface area contributed by atoms with Crippen molar-refractivity contribution in [3.8, 4) is 11.3 Å². The molecule has 2 aromatic heterocycles. The van der Waals surface area contributed by atoms with Gasteiger partial charge in [0.15, 0.2) is 0 Å². The second kappa shape index (κ2) is 7.84. The molecule has 1 amide bonds. The Morgan fingerprint density at radius 1 is 1.17 bits per heavy atom. The topological polar surface area (TPSA) is 63.1 Å². The summed E-state index contributed by atoms with van der Waals surface area (Å²) >= 11 is 0.